The van der Waals surface area contributed by atoms with Gasteiger partial charge in [-0.2, -0.15) is 0 Å². The summed E-state index contributed by atoms with van der Waals surface area (Å²) in [5, 5.41) is 18.7. The molecule has 3 heterocycles. The van der Waals surface area contributed by atoms with Crippen LogP contribution in [0.4, 0.5) is 5.95 Å². The number of carbonyl (C=O) groups excluding carboxylic acids is 1. The van der Waals surface area contributed by atoms with Crippen LogP contribution in [0.25, 0.3) is 0 Å². The summed E-state index contributed by atoms with van der Waals surface area (Å²) in [5.74, 6) is 0.215. The van der Waals surface area contributed by atoms with E-state index in [1.807, 2.05) is 27.7 Å². The summed E-state index contributed by atoms with van der Waals surface area (Å²) in [6.07, 6.45) is 5.09. The topological polar surface area (TPSA) is 108 Å². The van der Waals surface area contributed by atoms with Gasteiger partial charge in [-0.3, -0.25) is 4.79 Å². The quantitative estimate of drug-likeness (QED) is 0.607. The highest BCUT2D eigenvalue weighted by molar-refractivity contribution is 6.61. The average molecular weight is 418 g/mol. The number of hydrogen-bond donors (Lipinski definition) is 2. The van der Waals surface area contributed by atoms with Crippen molar-refractivity contribution in [3.8, 4) is 0 Å². The van der Waals surface area contributed by atoms with E-state index >= 15 is 0 Å². The lowest BCUT2D eigenvalue weighted by atomic mass is 9.81. The van der Waals surface area contributed by atoms with E-state index in [0.29, 0.717) is 25.1 Å². The summed E-state index contributed by atoms with van der Waals surface area (Å²) in [6.45, 7) is 8.53. The highest BCUT2D eigenvalue weighted by Gasteiger charge is 2.52. The molecule has 30 heavy (non-hydrogen) atoms. The zero-order valence-corrected chi connectivity index (χ0v) is 18.1. The third kappa shape index (κ3) is 3.93. The monoisotopic (exact) mass is 418 g/mol. The van der Waals surface area contributed by atoms with E-state index in [1.54, 1.807) is 17.3 Å². The molecule has 1 aromatic heterocycles. The minimum Gasteiger partial charge on any atom is -0.399 e. The first-order chi connectivity index (χ1) is 14.1. The molecule has 1 unspecified atom stereocenters. The maximum absolute atomic E-state index is 12.2. The van der Waals surface area contributed by atoms with Crippen molar-refractivity contribution in [3.05, 3.63) is 12.4 Å². The zero-order valence-electron chi connectivity index (χ0n) is 18.1. The third-order valence-electron chi connectivity index (χ3n) is 6.68. The van der Waals surface area contributed by atoms with Gasteiger partial charge in [-0.25, -0.2) is 9.97 Å². The number of aliphatic hydroxyl groups excluding tert-OH is 2. The van der Waals surface area contributed by atoms with Crippen LogP contribution >= 0.6 is 0 Å². The zero-order chi connectivity index (χ0) is 21.7. The molecule has 2 saturated heterocycles. The third-order valence-corrected chi connectivity index (χ3v) is 6.68. The Morgan fingerprint density at radius 1 is 1.20 bits per heavy atom. The molecule has 0 aromatic carbocycles. The molecule has 1 aromatic rings. The molecule has 2 aliphatic heterocycles. The molecule has 2 atom stereocenters. The second-order valence-electron chi connectivity index (χ2n) is 9.47. The van der Waals surface area contributed by atoms with E-state index in [2.05, 4.69) is 14.9 Å². The number of nitrogens with zero attached hydrogens (tertiary/aromatic N) is 4. The Bertz CT molecular complexity index is 770. The number of carbonyl (C=O) groups is 1. The fourth-order valence-corrected chi connectivity index (χ4v) is 4.00. The van der Waals surface area contributed by atoms with Gasteiger partial charge in [0.1, 0.15) is 0 Å². The van der Waals surface area contributed by atoms with E-state index in [9.17, 15) is 9.90 Å². The Hall–Kier alpha value is -1.75. The molecule has 1 amide bonds. The van der Waals surface area contributed by atoms with Crippen molar-refractivity contribution in [2.45, 2.75) is 76.3 Å². The van der Waals surface area contributed by atoms with Crippen molar-refractivity contribution in [3.63, 3.8) is 0 Å². The molecule has 1 saturated carbocycles. The summed E-state index contributed by atoms with van der Waals surface area (Å²) >= 11 is 0. The Labute approximate surface area is 177 Å². The SMILES string of the molecule is CC1(C)OB(c2cnc(N(C3CC3)[C@@H]3CCN(C(=O)C(O)CO)C3)nc2)OC1(C)C. The van der Waals surface area contributed by atoms with Gasteiger partial charge in [-0.1, -0.05) is 0 Å². The van der Waals surface area contributed by atoms with Gasteiger partial charge in [-0.15, -0.1) is 0 Å². The first kappa shape index (κ1) is 21.5. The molecule has 2 N–H and O–H groups in total. The predicted molar refractivity (Wildman–Crippen MR) is 111 cm³/mol. The van der Waals surface area contributed by atoms with Crippen molar-refractivity contribution in [1.82, 2.24) is 14.9 Å². The van der Waals surface area contributed by atoms with Crippen molar-refractivity contribution in [2.24, 2.45) is 0 Å². The minimum absolute atomic E-state index is 0.0926. The fourth-order valence-electron chi connectivity index (χ4n) is 4.00. The summed E-state index contributed by atoms with van der Waals surface area (Å²) in [4.78, 5) is 25.2. The summed E-state index contributed by atoms with van der Waals surface area (Å²) < 4.78 is 12.2. The Kier molecular flexibility index (Phi) is 5.55. The first-order valence-electron chi connectivity index (χ1n) is 10.7. The standard InChI is InChI=1S/C20H31BN4O5/c1-19(2)20(3,4)30-21(29-19)13-9-22-18(23-10-13)25(14-5-6-14)15-7-8-24(11-15)17(28)16(27)12-26/h9-10,14-16,26-27H,5-8,11-12H2,1-4H3/t15-,16?/m1/s1. The van der Waals surface area contributed by atoms with Gasteiger partial charge in [0.05, 0.1) is 23.9 Å². The normalized spacial score (nSPS) is 26.1. The second-order valence-corrected chi connectivity index (χ2v) is 9.47. The van der Waals surface area contributed by atoms with Crippen molar-refractivity contribution >= 4 is 24.4 Å². The average Bonchev–Trinajstić information content (AvgIpc) is 3.36. The molecule has 164 valence electrons. The largest absolute Gasteiger partial charge is 0.498 e. The Morgan fingerprint density at radius 3 is 2.33 bits per heavy atom. The van der Waals surface area contributed by atoms with E-state index in [1.165, 1.54) is 0 Å². The molecule has 10 heteroatoms. The fraction of sp³-hybridized carbons (Fsp3) is 0.750. The van der Waals surface area contributed by atoms with Crippen molar-refractivity contribution in [2.75, 3.05) is 24.6 Å². The molecule has 9 nitrogen and oxygen atoms in total. The molecule has 3 fully saturated rings. The number of aliphatic hydroxyl groups is 2. The second kappa shape index (κ2) is 7.74. The smallest absolute Gasteiger partial charge is 0.399 e. The highest BCUT2D eigenvalue weighted by atomic mass is 16.7. The van der Waals surface area contributed by atoms with Gasteiger partial charge < -0.3 is 29.3 Å². The summed E-state index contributed by atoms with van der Waals surface area (Å²) in [6, 6.07) is 0.463. The number of anilines is 1. The van der Waals surface area contributed by atoms with Gasteiger partial charge in [-0.05, 0) is 47.0 Å². The molecule has 1 aliphatic carbocycles. The van der Waals surface area contributed by atoms with Gasteiger partial charge in [0.25, 0.3) is 5.91 Å². The summed E-state index contributed by atoms with van der Waals surface area (Å²) in [5.41, 5.74) is -0.0625. The lowest BCUT2D eigenvalue weighted by Gasteiger charge is -2.32. The first-order valence-corrected chi connectivity index (χ1v) is 10.7. The van der Waals surface area contributed by atoms with Crippen LogP contribution in [-0.2, 0) is 14.1 Å². The number of likely N-dealkylation sites (tertiary alicyclic amines) is 1. The predicted octanol–water partition coefficient (Wildman–Crippen LogP) is -0.301. The van der Waals surface area contributed by atoms with Gasteiger partial charge >= 0.3 is 7.12 Å². The maximum atomic E-state index is 12.2. The van der Waals surface area contributed by atoms with Crippen LogP contribution in [0.1, 0.15) is 47.0 Å². The minimum atomic E-state index is -1.35. The van der Waals surface area contributed by atoms with E-state index in [-0.39, 0.29) is 6.04 Å². The Balaban J connectivity index is 1.47. The van der Waals surface area contributed by atoms with E-state index in [4.69, 9.17) is 14.4 Å². The van der Waals surface area contributed by atoms with Crippen LogP contribution in [0.2, 0.25) is 0 Å². The van der Waals surface area contributed by atoms with Crippen LogP contribution in [0.3, 0.4) is 0 Å². The lowest BCUT2D eigenvalue weighted by molar-refractivity contribution is -0.141. The number of rotatable bonds is 6. The van der Waals surface area contributed by atoms with E-state index in [0.717, 1.165) is 24.7 Å². The molecular weight excluding hydrogens is 387 g/mol. The molecule has 4 rings (SSSR count). The highest BCUT2D eigenvalue weighted by Crippen LogP contribution is 2.37. The van der Waals surface area contributed by atoms with Gasteiger partial charge in [0.15, 0.2) is 6.10 Å². The van der Waals surface area contributed by atoms with Crippen LogP contribution in [-0.4, -0.2) is 87.2 Å². The van der Waals surface area contributed by atoms with Crippen LogP contribution < -0.4 is 10.4 Å². The van der Waals surface area contributed by atoms with Crippen LogP contribution in [0, 0.1) is 0 Å². The lowest BCUT2D eigenvalue weighted by Crippen LogP contribution is -2.44. The molecule has 3 aliphatic rings. The number of amides is 1. The van der Waals surface area contributed by atoms with Crippen LogP contribution in [0.15, 0.2) is 12.4 Å². The van der Waals surface area contributed by atoms with Crippen LogP contribution in [0.5, 0.6) is 0 Å². The Morgan fingerprint density at radius 2 is 1.80 bits per heavy atom. The van der Waals surface area contributed by atoms with Crippen molar-refractivity contribution in [1.29, 1.82) is 0 Å². The molecule has 0 spiro atoms. The number of aromatic nitrogens is 2. The summed E-state index contributed by atoms with van der Waals surface area (Å²) in [7, 11) is -0.502. The van der Waals surface area contributed by atoms with Gasteiger partial charge in [0, 0.05) is 37.0 Å². The van der Waals surface area contributed by atoms with Gasteiger partial charge in [0.2, 0.25) is 5.95 Å². The number of hydrogen-bond acceptors (Lipinski definition) is 8. The maximum Gasteiger partial charge on any atom is 0.498 e. The molecule has 0 bridgehead atoms. The molecular formula is C20H31BN4O5. The van der Waals surface area contributed by atoms with E-state index < -0.39 is 36.9 Å². The van der Waals surface area contributed by atoms with Crippen molar-refractivity contribution < 1.29 is 24.3 Å². The molecule has 0 radical (unpaired) electrons.